The number of ketones is 1. The molecule has 0 amide bonds. The molecule has 0 aliphatic carbocycles. The fourth-order valence-corrected chi connectivity index (χ4v) is 2.02. The number of hydrogen-bond acceptors (Lipinski definition) is 2. The maximum atomic E-state index is 11.9. The van der Waals surface area contributed by atoms with Crippen molar-refractivity contribution < 1.29 is 14.7 Å². The normalized spacial score (nSPS) is 10.3. The lowest BCUT2D eigenvalue weighted by atomic mass is 10.0. The first-order chi connectivity index (χ1) is 8.49. The first-order valence-corrected chi connectivity index (χ1v) is 6.32. The van der Waals surface area contributed by atoms with Crippen LogP contribution in [0.3, 0.4) is 0 Å². The Morgan fingerprint density at radius 3 is 2.06 bits per heavy atom. The van der Waals surface area contributed by atoms with E-state index >= 15 is 0 Å². The Labute approximate surface area is 108 Å². The summed E-state index contributed by atoms with van der Waals surface area (Å²) in [5, 5.41) is 8.49. The van der Waals surface area contributed by atoms with Crippen molar-refractivity contribution in [2.24, 2.45) is 0 Å². The minimum atomic E-state index is -0.768. The molecule has 0 saturated carbocycles. The first-order valence-electron chi connectivity index (χ1n) is 6.32. The second-order valence-electron chi connectivity index (χ2n) is 4.75. The van der Waals surface area contributed by atoms with Crippen LogP contribution in [0.15, 0.2) is 18.2 Å². The number of unbranched alkanes of at least 4 members (excludes halogenated alkanes) is 2. The molecule has 18 heavy (non-hydrogen) atoms. The number of benzene rings is 1. The van der Waals surface area contributed by atoms with Crippen LogP contribution in [0.2, 0.25) is 0 Å². The predicted molar refractivity (Wildman–Crippen MR) is 71.0 cm³/mol. The van der Waals surface area contributed by atoms with Crippen molar-refractivity contribution in [3.8, 4) is 0 Å². The Kier molecular flexibility index (Phi) is 5.56. The molecule has 98 valence electrons. The zero-order valence-corrected chi connectivity index (χ0v) is 11.0. The second-order valence-corrected chi connectivity index (χ2v) is 4.75. The number of Topliss-reactive ketones (excluding diaryl/α,β-unsaturated/α-hetero) is 1. The number of aliphatic carboxylic acids is 1. The summed E-state index contributed by atoms with van der Waals surface area (Å²) < 4.78 is 0. The molecule has 0 aliphatic rings. The van der Waals surface area contributed by atoms with Crippen molar-refractivity contribution in [2.45, 2.75) is 46.0 Å². The molecule has 3 nitrogen and oxygen atoms in total. The molecule has 0 aliphatic heterocycles. The minimum Gasteiger partial charge on any atom is -0.481 e. The molecule has 0 saturated heterocycles. The number of aryl methyl sites for hydroxylation is 2. The number of hydrogen-bond donors (Lipinski definition) is 1. The summed E-state index contributed by atoms with van der Waals surface area (Å²) in [6, 6.07) is 5.86. The van der Waals surface area contributed by atoms with Crippen LogP contribution in [-0.2, 0) is 4.79 Å². The van der Waals surface area contributed by atoms with E-state index in [1.54, 1.807) is 0 Å². The second kappa shape index (κ2) is 6.94. The lowest BCUT2D eigenvalue weighted by Gasteiger charge is -2.04. The molecule has 0 radical (unpaired) electrons. The molecule has 1 rings (SSSR count). The van der Waals surface area contributed by atoms with Gasteiger partial charge in [0.1, 0.15) is 0 Å². The fourth-order valence-electron chi connectivity index (χ4n) is 2.02. The maximum absolute atomic E-state index is 11.9. The van der Waals surface area contributed by atoms with Gasteiger partial charge in [0, 0.05) is 18.4 Å². The molecule has 0 bridgehead atoms. The summed E-state index contributed by atoms with van der Waals surface area (Å²) in [4.78, 5) is 22.3. The lowest BCUT2D eigenvalue weighted by Crippen LogP contribution is -2.00. The van der Waals surface area contributed by atoms with Crippen LogP contribution < -0.4 is 0 Å². The summed E-state index contributed by atoms with van der Waals surface area (Å²) in [5.41, 5.74) is 2.97. The largest absolute Gasteiger partial charge is 0.481 e. The summed E-state index contributed by atoms with van der Waals surface area (Å²) in [5.74, 6) is -0.618. The van der Waals surface area contributed by atoms with Gasteiger partial charge in [0.25, 0.3) is 0 Å². The van der Waals surface area contributed by atoms with Crippen molar-refractivity contribution in [3.63, 3.8) is 0 Å². The molecule has 1 aromatic carbocycles. The molecule has 0 fully saturated rings. The van der Waals surface area contributed by atoms with Crippen LogP contribution >= 0.6 is 0 Å². The van der Waals surface area contributed by atoms with Gasteiger partial charge in [-0.25, -0.2) is 0 Å². The molecule has 0 aromatic heterocycles. The highest BCUT2D eigenvalue weighted by Gasteiger charge is 2.07. The summed E-state index contributed by atoms with van der Waals surface area (Å²) >= 11 is 0. The van der Waals surface area contributed by atoms with E-state index in [1.807, 2.05) is 32.0 Å². The van der Waals surface area contributed by atoms with E-state index in [2.05, 4.69) is 0 Å². The first kappa shape index (κ1) is 14.4. The monoisotopic (exact) mass is 248 g/mol. The Balaban J connectivity index is 2.38. The van der Waals surface area contributed by atoms with Crippen LogP contribution in [0.1, 0.15) is 53.6 Å². The van der Waals surface area contributed by atoms with Crippen LogP contribution in [0, 0.1) is 13.8 Å². The van der Waals surface area contributed by atoms with Crippen LogP contribution in [0.25, 0.3) is 0 Å². The Morgan fingerprint density at radius 1 is 0.944 bits per heavy atom. The van der Waals surface area contributed by atoms with Gasteiger partial charge in [-0.05, 0) is 38.8 Å². The standard InChI is InChI=1S/C15H20O3/c1-11-8-12(2)10-13(9-11)14(16)6-4-3-5-7-15(17)18/h8-10H,3-7H2,1-2H3,(H,17,18). The molecule has 3 heteroatoms. The van der Waals surface area contributed by atoms with Crippen LogP contribution in [0.4, 0.5) is 0 Å². The third-order valence-electron chi connectivity index (χ3n) is 2.84. The Hall–Kier alpha value is -1.64. The number of carboxylic acids is 1. The molecule has 0 heterocycles. The molecule has 0 atom stereocenters. The van der Waals surface area contributed by atoms with Crippen molar-refractivity contribution in [1.82, 2.24) is 0 Å². The molecule has 1 N–H and O–H groups in total. The van der Waals surface area contributed by atoms with Gasteiger partial charge in [-0.3, -0.25) is 9.59 Å². The van der Waals surface area contributed by atoms with Crippen LogP contribution in [-0.4, -0.2) is 16.9 Å². The summed E-state index contributed by atoms with van der Waals surface area (Å²) in [6.07, 6.45) is 2.90. The zero-order valence-electron chi connectivity index (χ0n) is 11.0. The van der Waals surface area contributed by atoms with Gasteiger partial charge in [-0.15, -0.1) is 0 Å². The van der Waals surface area contributed by atoms with Crippen molar-refractivity contribution in [3.05, 3.63) is 34.9 Å². The van der Waals surface area contributed by atoms with Crippen molar-refractivity contribution >= 4 is 11.8 Å². The smallest absolute Gasteiger partial charge is 0.303 e. The minimum absolute atomic E-state index is 0.150. The SMILES string of the molecule is Cc1cc(C)cc(C(=O)CCCCCC(=O)O)c1. The molecular formula is C15H20O3. The molecule has 0 spiro atoms. The summed E-state index contributed by atoms with van der Waals surface area (Å²) in [7, 11) is 0. The Morgan fingerprint density at radius 2 is 1.50 bits per heavy atom. The van der Waals surface area contributed by atoms with E-state index < -0.39 is 5.97 Å². The fraction of sp³-hybridized carbons (Fsp3) is 0.467. The van der Waals surface area contributed by atoms with E-state index in [-0.39, 0.29) is 12.2 Å². The maximum Gasteiger partial charge on any atom is 0.303 e. The highest BCUT2D eigenvalue weighted by atomic mass is 16.4. The van der Waals surface area contributed by atoms with Gasteiger partial charge in [0.05, 0.1) is 0 Å². The van der Waals surface area contributed by atoms with Crippen molar-refractivity contribution in [2.75, 3.05) is 0 Å². The van der Waals surface area contributed by atoms with Crippen LogP contribution in [0.5, 0.6) is 0 Å². The van der Waals surface area contributed by atoms with Gasteiger partial charge in [0.15, 0.2) is 5.78 Å². The predicted octanol–water partition coefficient (Wildman–Crippen LogP) is 3.52. The number of rotatable bonds is 7. The summed E-state index contributed by atoms with van der Waals surface area (Å²) in [6.45, 7) is 3.97. The average Bonchev–Trinajstić information content (AvgIpc) is 2.26. The number of carbonyl (C=O) groups is 2. The lowest BCUT2D eigenvalue weighted by molar-refractivity contribution is -0.137. The molecule has 0 unspecified atom stereocenters. The van der Waals surface area contributed by atoms with Gasteiger partial charge < -0.3 is 5.11 Å². The van der Waals surface area contributed by atoms with Gasteiger partial charge in [0.2, 0.25) is 0 Å². The highest BCUT2D eigenvalue weighted by Crippen LogP contribution is 2.13. The van der Waals surface area contributed by atoms with Gasteiger partial charge >= 0.3 is 5.97 Å². The topological polar surface area (TPSA) is 54.4 Å². The van der Waals surface area contributed by atoms with Gasteiger partial charge in [-0.2, -0.15) is 0 Å². The van der Waals surface area contributed by atoms with E-state index in [9.17, 15) is 9.59 Å². The third kappa shape index (κ3) is 5.13. The quantitative estimate of drug-likeness (QED) is 0.593. The average molecular weight is 248 g/mol. The molecular weight excluding hydrogens is 228 g/mol. The van der Waals surface area contributed by atoms with E-state index in [0.717, 1.165) is 29.5 Å². The highest BCUT2D eigenvalue weighted by molar-refractivity contribution is 5.96. The Bertz CT molecular complexity index is 415. The van der Waals surface area contributed by atoms with Gasteiger partial charge in [-0.1, -0.05) is 23.6 Å². The zero-order chi connectivity index (χ0) is 13.5. The van der Waals surface area contributed by atoms with E-state index in [4.69, 9.17) is 5.11 Å². The van der Waals surface area contributed by atoms with E-state index in [0.29, 0.717) is 12.8 Å². The van der Waals surface area contributed by atoms with Crippen molar-refractivity contribution in [1.29, 1.82) is 0 Å². The number of carboxylic acid groups (broad SMARTS) is 1. The third-order valence-corrected chi connectivity index (χ3v) is 2.84. The van der Waals surface area contributed by atoms with E-state index in [1.165, 1.54) is 0 Å². The number of carbonyl (C=O) groups excluding carboxylic acids is 1. The molecule has 1 aromatic rings.